The van der Waals surface area contributed by atoms with Crippen molar-refractivity contribution in [2.24, 2.45) is 5.14 Å². The molecule has 9 heteroatoms. The SMILES string of the molecule is COc1cc(CNCCc2ccc(S(N)(=O)=O)cc2)cc(Br)c1OC.Cl. The molecule has 0 amide bonds. The monoisotopic (exact) mass is 464 g/mol. The van der Waals surface area contributed by atoms with Crippen LogP contribution in [0.15, 0.2) is 45.8 Å². The molecule has 0 saturated heterocycles. The summed E-state index contributed by atoms with van der Waals surface area (Å²) in [6.45, 7) is 1.43. The third kappa shape index (κ3) is 6.14. The molecular weight excluding hydrogens is 444 g/mol. The molecule has 144 valence electrons. The van der Waals surface area contributed by atoms with Gasteiger partial charge in [0.25, 0.3) is 0 Å². The first-order valence-corrected chi connectivity index (χ1v) is 9.92. The van der Waals surface area contributed by atoms with Gasteiger partial charge in [-0.05, 0) is 64.3 Å². The molecule has 0 aliphatic carbocycles. The van der Waals surface area contributed by atoms with Crippen molar-refractivity contribution in [3.8, 4) is 11.5 Å². The molecule has 0 atom stereocenters. The zero-order valence-corrected chi connectivity index (χ0v) is 17.7. The minimum Gasteiger partial charge on any atom is -0.493 e. The average molecular weight is 466 g/mol. The average Bonchev–Trinajstić information content (AvgIpc) is 2.57. The van der Waals surface area contributed by atoms with E-state index in [0.717, 1.165) is 28.6 Å². The molecule has 0 radical (unpaired) electrons. The van der Waals surface area contributed by atoms with Gasteiger partial charge in [0.15, 0.2) is 11.5 Å². The van der Waals surface area contributed by atoms with E-state index < -0.39 is 10.0 Å². The molecule has 0 aliphatic rings. The summed E-state index contributed by atoms with van der Waals surface area (Å²) >= 11 is 3.48. The summed E-state index contributed by atoms with van der Waals surface area (Å²) in [5.41, 5.74) is 2.10. The van der Waals surface area contributed by atoms with Gasteiger partial charge in [0, 0.05) is 6.54 Å². The first-order valence-electron chi connectivity index (χ1n) is 7.58. The third-order valence-corrected chi connectivity index (χ3v) is 5.18. The Labute approximate surface area is 168 Å². The number of primary sulfonamides is 1. The first kappa shape index (κ1) is 22.7. The molecule has 0 heterocycles. The van der Waals surface area contributed by atoms with Gasteiger partial charge in [0.1, 0.15) is 0 Å². The minimum atomic E-state index is -3.64. The lowest BCUT2D eigenvalue weighted by molar-refractivity contribution is 0.352. The summed E-state index contributed by atoms with van der Waals surface area (Å²) in [5, 5.41) is 8.44. The molecule has 0 unspecified atom stereocenters. The Bertz CT molecular complexity index is 829. The quantitative estimate of drug-likeness (QED) is 0.585. The van der Waals surface area contributed by atoms with Crippen molar-refractivity contribution in [2.45, 2.75) is 17.9 Å². The molecule has 0 bridgehead atoms. The predicted molar refractivity (Wildman–Crippen MR) is 108 cm³/mol. The second kappa shape index (κ2) is 10.1. The highest BCUT2D eigenvalue weighted by atomic mass is 79.9. The lowest BCUT2D eigenvalue weighted by atomic mass is 10.1. The van der Waals surface area contributed by atoms with E-state index in [1.54, 1.807) is 26.4 Å². The Morgan fingerprint density at radius 1 is 1.08 bits per heavy atom. The van der Waals surface area contributed by atoms with Crippen LogP contribution in [0, 0.1) is 0 Å². The van der Waals surface area contributed by atoms with Gasteiger partial charge in [0.05, 0.1) is 23.6 Å². The summed E-state index contributed by atoms with van der Waals surface area (Å²) in [6.07, 6.45) is 0.777. The predicted octanol–water partition coefficient (Wildman–Crippen LogP) is 2.87. The maximum atomic E-state index is 11.2. The van der Waals surface area contributed by atoms with E-state index in [1.165, 1.54) is 12.1 Å². The van der Waals surface area contributed by atoms with E-state index in [1.807, 2.05) is 12.1 Å². The van der Waals surface area contributed by atoms with Gasteiger partial charge >= 0.3 is 0 Å². The van der Waals surface area contributed by atoms with Gasteiger partial charge in [-0.2, -0.15) is 0 Å². The Morgan fingerprint density at radius 3 is 2.27 bits per heavy atom. The van der Waals surface area contributed by atoms with Gasteiger partial charge in [-0.15, -0.1) is 12.4 Å². The fraction of sp³-hybridized carbons (Fsp3) is 0.294. The Balaban J connectivity index is 0.00000338. The molecular formula is C17H22BrClN2O4S. The third-order valence-electron chi connectivity index (χ3n) is 3.66. The first-order chi connectivity index (χ1) is 11.8. The van der Waals surface area contributed by atoms with Gasteiger partial charge < -0.3 is 14.8 Å². The Kier molecular flexibility index (Phi) is 8.85. The number of rotatable bonds is 8. The molecule has 6 nitrogen and oxygen atoms in total. The van der Waals surface area contributed by atoms with Gasteiger partial charge in [-0.3, -0.25) is 0 Å². The molecule has 2 aromatic carbocycles. The molecule has 0 aromatic heterocycles. The Hall–Kier alpha value is -1.32. The van der Waals surface area contributed by atoms with Crippen LogP contribution in [0.2, 0.25) is 0 Å². The number of nitrogens with one attached hydrogen (secondary N) is 1. The zero-order valence-electron chi connectivity index (χ0n) is 14.5. The second-order valence-corrected chi connectivity index (χ2v) is 7.84. The van der Waals surface area contributed by atoms with Crippen LogP contribution >= 0.6 is 28.3 Å². The molecule has 26 heavy (non-hydrogen) atoms. The van der Waals surface area contributed by atoms with Crippen molar-refractivity contribution < 1.29 is 17.9 Å². The van der Waals surface area contributed by atoms with E-state index in [2.05, 4.69) is 21.2 Å². The van der Waals surface area contributed by atoms with Gasteiger partial charge in [-0.1, -0.05) is 12.1 Å². The highest BCUT2D eigenvalue weighted by Gasteiger charge is 2.10. The van der Waals surface area contributed by atoms with Crippen molar-refractivity contribution in [1.29, 1.82) is 0 Å². The standard InChI is InChI=1S/C17H21BrN2O4S.ClH/c1-23-16-10-13(9-15(18)17(16)24-2)11-20-8-7-12-3-5-14(6-4-12)25(19,21)22;/h3-6,9-10,20H,7-8,11H2,1-2H3,(H2,19,21,22);1H. The van der Waals surface area contributed by atoms with Crippen LogP contribution in [0.25, 0.3) is 0 Å². The van der Waals surface area contributed by atoms with Crippen LogP contribution < -0.4 is 19.9 Å². The summed E-state index contributed by atoms with van der Waals surface area (Å²) in [4.78, 5) is 0.124. The fourth-order valence-corrected chi connectivity index (χ4v) is 3.55. The number of benzene rings is 2. The van der Waals surface area contributed by atoms with E-state index in [9.17, 15) is 8.42 Å². The topological polar surface area (TPSA) is 90.6 Å². The van der Waals surface area contributed by atoms with E-state index >= 15 is 0 Å². The summed E-state index contributed by atoms with van der Waals surface area (Å²) in [7, 11) is -0.437. The lowest BCUT2D eigenvalue weighted by Gasteiger charge is -2.12. The van der Waals surface area contributed by atoms with Crippen molar-refractivity contribution >= 4 is 38.4 Å². The van der Waals surface area contributed by atoms with Crippen LogP contribution in [0.4, 0.5) is 0 Å². The van der Waals surface area contributed by atoms with Crippen LogP contribution in [-0.2, 0) is 23.0 Å². The van der Waals surface area contributed by atoms with Gasteiger partial charge in [0.2, 0.25) is 10.0 Å². The van der Waals surface area contributed by atoms with Gasteiger partial charge in [-0.25, -0.2) is 13.6 Å². The highest BCUT2D eigenvalue weighted by Crippen LogP contribution is 2.36. The minimum absolute atomic E-state index is 0. The summed E-state index contributed by atoms with van der Waals surface area (Å²) < 4.78 is 33.9. The maximum absolute atomic E-state index is 11.2. The van der Waals surface area contributed by atoms with Crippen molar-refractivity contribution in [3.63, 3.8) is 0 Å². The van der Waals surface area contributed by atoms with Crippen LogP contribution in [0.1, 0.15) is 11.1 Å². The molecule has 0 spiro atoms. The number of ether oxygens (including phenoxy) is 2. The van der Waals surface area contributed by atoms with E-state index in [0.29, 0.717) is 18.0 Å². The maximum Gasteiger partial charge on any atom is 0.238 e. The van der Waals surface area contributed by atoms with Crippen molar-refractivity contribution in [3.05, 3.63) is 52.0 Å². The molecule has 2 aromatic rings. The van der Waals surface area contributed by atoms with Crippen LogP contribution in [0.3, 0.4) is 0 Å². The van der Waals surface area contributed by atoms with Crippen molar-refractivity contribution in [1.82, 2.24) is 5.32 Å². The van der Waals surface area contributed by atoms with Crippen molar-refractivity contribution in [2.75, 3.05) is 20.8 Å². The van der Waals surface area contributed by atoms with E-state index in [-0.39, 0.29) is 17.3 Å². The number of hydrogen-bond donors (Lipinski definition) is 2. The van der Waals surface area contributed by atoms with Crippen LogP contribution in [0.5, 0.6) is 11.5 Å². The molecule has 0 aliphatic heterocycles. The molecule has 0 saturated carbocycles. The number of nitrogens with two attached hydrogens (primary N) is 1. The molecule has 2 rings (SSSR count). The zero-order chi connectivity index (χ0) is 18.4. The number of methoxy groups -OCH3 is 2. The number of hydrogen-bond acceptors (Lipinski definition) is 5. The smallest absolute Gasteiger partial charge is 0.238 e. The number of halogens is 2. The molecule has 3 N–H and O–H groups in total. The highest BCUT2D eigenvalue weighted by molar-refractivity contribution is 9.10. The van der Waals surface area contributed by atoms with Crippen LogP contribution in [-0.4, -0.2) is 29.2 Å². The second-order valence-electron chi connectivity index (χ2n) is 5.43. The molecule has 0 fully saturated rings. The largest absolute Gasteiger partial charge is 0.493 e. The normalized spacial score (nSPS) is 10.9. The summed E-state index contributed by atoms with van der Waals surface area (Å²) in [6, 6.07) is 10.5. The van der Waals surface area contributed by atoms with E-state index in [4.69, 9.17) is 14.6 Å². The lowest BCUT2D eigenvalue weighted by Crippen LogP contribution is -2.17. The summed E-state index contributed by atoms with van der Waals surface area (Å²) in [5.74, 6) is 1.34. The number of sulfonamides is 1. The fourth-order valence-electron chi connectivity index (χ4n) is 2.38. The Morgan fingerprint density at radius 2 is 1.73 bits per heavy atom.